The van der Waals surface area contributed by atoms with Crippen LogP contribution in [0.5, 0.6) is 0 Å². The van der Waals surface area contributed by atoms with Gasteiger partial charge in [0.15, 0.2) is 0 Å². The molecule has 0 unspecified atom stereocenters. The maximum atomic E-state index is 13.2. The van der Waals surface area contributed by atoms with Gasteiger partial charge < -0.3 is 14.2 Å². The van der Waals surface area contributed by atoms with Crippen LogP contribution in [0.1, 0.15) is 50.7 Å². The van der Waals surface area contributed by atoms with E-state index in [-0.39, 0.29) is 5.92 Å². The van der Waals surface area contributed by atoms with Crippen LogP contribution in [0.25, 0.3) is 0 Å². The van der Waals surface area contributed by atoms with Crippen LogP contribution in [0, 0.1) is 17.3 Å². The molecule has 1 aliphatic carbocycles. The topological polar surface area (TPSA) is 39.9 Å². The standard InChI is InChI=1S/C23H35N3O2/c27-22(20-6-11-24(12-7-20)16-21-3-1-14-28-21)26-13-9-23(18-26)8-2-10-25(17-23)15-19-4-5-19/h1,3,14,19-20H,2,4-13,15-18H2/t23-/m1/s1. The Kier molecular flexibility index (Phi) is 5.22. The largest absolute Gasteiger partial charge is 0.468 e. The highest BCUT2D eigenvalue weighted by molar-refractivity contribution is 5.79. The van der Waals surface area contributed by atoms with Gasteiger partial charge in [-0.05, 0) is 82.6 Å². The molecule has 0 radical (unpaired) electrons. The van der Waals surface area contributed by atoms with Gasteiger partial charge in [0.25, 0.3) is 0 Å². The maximum absolute atomic E-state index is 13.2. The second-order valence-electron chi connectivity index (χ2n) is 9.92. The molecule has 5 rings (SSSR count). The van der Waals surface area contributed by atoms with E-state index in [1.807, 2.05) is 12.1 Å². The Morgan fingerprint density at radius 3 is 2.64 bits per heavy atom. The molecule has 0 aromatic carbocycles. The molecule has 3 saturated heterocycles. The molecular formula is C23H35N3O2. The number of carbonyl (C=O) groups excluding carboxylic acids is 1. The highest BCUT2D eigenvalue weighted by Crippen LogP contribution is 2.41. The Bertz CT molecular complexity index is 663. The van der Waals surface area contributed by atoms with Crippen LogP contribution in [0.4, 0.5) is 0 Å². The predicted molar refractivity (Wildman–Crippen MR) is 109 cm³/mol. The van der Waals surface area contributed by atoms with E-state index in [1.165, 1.54) is 51.7 Å². The predicted octanol–water partition coefficient (Wildman–Crippen LogP) is 3.22. The fourth-order valence-corrected chi connectivity index (χ4v) is 5.81. The van der Waals surface area contributed by atoms with E-state index in [0.29, 0.717) is 11.3 Å². The van der Waals surface area contributed by atoms with Crippen molar-refractivity contribution in [1.29, 1.82) is 0 Å². The Labute approximate surface area is 169 Å². The van der Waals surface area contributed by atoms with E-state index in [2.05, 4.69) is 14.7 Å². The molecule has 1 aromatic rings. The van der Waals surface area contributed by atoms with Gasteiger partial charge in [0.1, 0.15) is 5.76 Å². The third-order valence-corrected chi connectivity index (χ3v) is 7.60. The SMILES string of the molecule is O=C(C1CCN(Cc2ccco2)CC1)N1CC[C@@]2(CCCN(CC3CC3)C2)C1. The first-order valence-electron chi connectivity index (χ1n) is 11.5. The van der Waals surface area contributed by atoms with E-state index in [4.69, 9.17) is 4.42 Å². The Balaban J connectivity index is 1.11. The number of furan rings is 1. The van der Waals surface area contributed by atoms with Crippen molar-refractivity contribution in [1.82, 2.24) is 14.7 Å². The molecule has 4 aliphatic rings. The average molecular weight is 386 g/mol. The molecule has 154 valence electrons. The lowest BCUT2D eigenvalue weighted by atomic mass is 9.79. The molecule has 1 aromatic heterocycles. The van der Waals surface area contributed by atoms with Gasteiger partial charge in [-0.1, -0.05) is 0 Å². The van der Waals surface area contributed by atoms with Crippen molar-refractivity contribution < 1.29 is 9.21 Å². The van der Waals surface area contributed by atoms with E-state index in [9.17, 15) is 4.79 Å². The summed E-state index contributed by atoms with van der Waals surface area (Å²) in [7, 11) is 0. The van der Waals surface area contributed by atoms with Crippen LogP contribution in [0.2, 0.25) is 0 Å². The third kappa shape index (κ3) is 4.16. The second kappa shape index (κ2) is 7.83. The highest BCUT2D eigenvalue weighted by atomic mass is 16.3. The number of likely N-dealkylation sites (tertiary alicyclic amines) is 3. The summed E-state index contributed by atoms with van der Waals surface area (Å²) in [6, 6.07) is 3.99. The van der Waals surface area contributed by atoms with E-state index >= 15 is 0 Å². The summed E-state index contributed by atoms with van der Waals surface area (Å²) in [5.74, 6) is 2.67. The molecule has 3 aliphatic heterocycles. The fraction of sp³-hybridized carbons (Fsp3) is 0.783. The molecule has 1 spiro atoms. The molecule has 28 heavy (non-hydrogen) atoms. The Morgan fingerprint density at radius 2 is 1.89 bits per heavy atom. The van der Waals surface area contributed by atoms with Gasteiger partial charge in [0.2, 0.25) is 5.91 Å². The van der Waals surface area contributed by atoms with E-state index < -0.39 is 0 Å². The number of nitrogens with zero attached hydrogens (tertiary/aromatic N) is 3. The van der Waals surface area contributed by atoms with Crippen LogP contribution in [0.3, 0.4) is 0 Å². The van der Waals surface area contributed by atoms with Crippen LogP contribution < -0.4 is 0 Å². The fourth-order valence-electron chi connectivity index (χ4n) is 5.81. The van der Waals surface area contributed by atoms with Crippen LogP contribution >= 0.6 is 0 Å². The number of carbonyl (C=O) groups is 1. The number of piperidine rings is 2. The summed E-state index contributed by atoms with van der Waals surface area (Å²) in [5, 5.41) is 0. The summed E-state index contributed by atoms with van der Waals surface area (Å²) < 4.78 is 5.47. The van der Waals surface area contributed by atoms with Gasteiger partial charge in [0, 0.05) is 37.5 Å². The number of hydrogen-bond acceptors (Lipinski definition) is 4. The van der Waals surface area contributed by atoms with Gasteiger partial charge in [-0.25, -0.2) is 0 Å². The summed E-state index contributed by atoms with van der Waals surface area (Å²) in [5.41, 5.74) is 0.392. The molecule has 1 saturated carbocycles. The molecule has 1 amide bonds. The molecule has 0 N–H and O–H groups in total. The molecular weight excluding hydrogens is 350 g/mol. The zero-order chi connectivity index (χ0) is 19.0. The van der Waals surface area contributed by atoms with Crippen molar-refractivity contribution in [3.8, 4) is 0 Å². The minimum Gasteiger partial charge on any atom is -0.468 e. The second-order valence-corrected chi connectivity index (χ2v) is 9.92. The Hall–Kier alpha value is -1.33. The summed E-state index contributed by atoms with van der Waals surface area (Å²) in [6.45, 7) is 8.70. The normalized spacial score (nSPS) is 30.4. The highest BCUT2D eigenvalue weighted by Gasteiger charge is 2.44. The van der Waals surface area contributed by atoms with Crippen LogP contribution in [-0.2, 0) is 11.3 Å². The molecule has 4 fully saturated rings. The lowest BCUT2D eigenvalue weighted by molar-refractivity contribution is -0.136. The first kappa shape index (κ1) is 18.7. The molecule has 5 nitrogen and oxygen atoms in total. The van der Waals surface area contributed by atoms with Gasteiger partial charge in [-0.15, -0.1) is 0 Å². The average Bonchev–Trinajstić information content (AvgIpc) is 3.20. The van der Waals surface area contributed by atoms with Crippen molar-refractivity contribution in [2.24, 2.45) is 17.3 Å². The lowest BCUT2D eigenvalue weighted by Crippen LogP contribution is -2.47. The molecule has 0 bridgehead atoms. The zero-order valence-electron chi connectivity index (χ0n) is 17.2. The van der Waals surface area contributed by atoms with Crippen molar-refractivity contribution in [2.45, 2.75) is 51.5 Å². The molecule has 4 heterocycles. The molecule has 5 heteroatoms. The third-order valence-electron chi connectivity index (χ3n) is 7.60. The smallest absolute Gasteiger partial charge is 0.225 e. The number of rotatable bonds is 5. The van der Waals surface area contributed by atoms with Crippen molar-refractivity contribution >= 4 is 5.91 Å². The molecule has 1 atom stereocenters. The van der Waals surface area contributed by atoms with Gasteiger partial charge in [-0.3, -0.25) is 9.69 Å². The van der Waals surface area contributed by atoms with Gasteiger partial charge in [0.05, 0.1) is 12.8 Å². The quantitative estimate of drug-likeness (QED) is 0.780. The number of amides is 1. The maximum Gasteiger partial charge on any atom is 0.225 e. The number of hydrogen-bond donors (Lipinski definition) is 0. The monoisotopic (exact) mass is 385 g/mol. The van der Waals surface area contributed by atoms with Crippen molar-refractivity contribution in [2.75, 3.05) is 45.8 Å². The Morgan fingerprint density at radius 1 is 1.04 bits per heavy atom. The summed E-state index contributed by atoms with van der Waals surface area (Å²) in [6.07, 6.45) is 10.5. The first-order valence-corrected chi connectivity index (χ1v) is 11.5. The van der Waals surface area contributed by atoms with Crippen molar-refractivity contribution in [3.05, 3.63) is 24.2 Å². The minimum absolute atomic E-state index is 0.231. The summed E-state index contributed by atoms with van der Waals surface area (Å²) >= 11 is 0. The first-order chi connectivity index (χ1) is 13.7. The van der Waals surface area contributed by atoms with Gasteiger partial charge >= 0.3 is 0 Å². The summed E-state index contributed by atoms with van der Waals surface area (Å²) in [4.78, 5) is 20.6. The van der Waals surface area contributed by atoms with Crippen LogP contribution in [-0.4, -0.2) is 66.4 Å². The van der Waals surface area contributed by atoms with Crippen molar-refractivity contribution in [3.63, 3.8) is 0 Å². The zero-order valence-corrected chi connectivity index (χ0v) is 17.2. The van der Waals surface area contributed by atoms with Gasteiger partial charge in [-0.2, -0.15) is 0 Å². The van der Waals surface area contributed by atoms with Crippen LogP contribution in [0.15, 0.2) is 22.8 Å². The minimum atomic E-state index is 0.231. The van der Waals surface area contributed by atoms with E-state index in [0.717, 1.165) is 57.2 Å². The van der Waals surface area contributed by atoms with E-state index in [1.54, 1.807) is 6.26 Å². The lowest BCUT2D eigenvalue weighted by Gasteiger charge is -2.41.